The van der Waals surface area contributed by atoms with E-state index in [-0.39, 0.29) is 17.6 Å². The van der Waals surface area contributed by atoms with Gasteiger partial charge >= 0.3 is 5.97 Å². The maximum Gasteiger partial charge on any atom is 0.335 e. The number of thiocarbonyl (C=S) groups is 1. The number of rotatable bonds is 6. The van der Waals surface area contributed by atoms with Gasteiger partial charge in [0.05, 0.1) is 36.1 Å². The van der Waals surface area contributed by atoms with Crippen molar-refractivity contribution in [1.29, 1.82) is 0 Å². The van der Waals surface area contributed by atoms with Gasteiger partial charge in [0.15, 0.2) is 5.11 Å². The number of ether oxygens (including phenoxy) is 1. The minimum atomic E-state index is -0.945. The molecule has 2 aromatic carbocycles. The molecule has 182 valence electrons. The number of carboxylic acid groups (broad SMARTS) is 1. The molecule has 1 fully saturated rings. The van der Waals surface area contributed by atoms with Crippen LogP contribution in [0.5, 0.6) is 5.75 Å². The fourth-order valence-corrected chi connectivity index (χ4v) is 5.34. The molecule has 7 nitrogen and oxygen atoms in total. The van der Waals surface area contributed by atoms with Crippen molar-refractivity contribution in [1.82, 2.24) is 14.9 Å². The number of carboxylic acids is 1. The van der Waals surface area contributed by atoms with Crippen LogP contribution in [0.2, 0.25) is 0 Å². The van der Waals surface area contributed by atoms with Gasteiger partial charge < -0.3 is 24.6 Å². The van der Waals surface area contributed by atoms with Crippen LogP contribution in [0, 0.1) is 13.8 Å². The number of aromatic carboxylic acids is 1. The highest BCUT2D eigenvalue weighted by atomic mass is 32.1. The molecule has 2 N–H and O–H groups in total. The molecular formula is C28H26N4O3S. The summed E-state index contributed by atoms with van der Waals surface area (Å²) in [6.45, 7) is 4.12. The van der Waals surface area contributed by atoms with Crippen molar-refractivity contribution < 1.29 is 14.6 Å². The third-order valence-electron chi connectivity index (χ3n) is 6.60. The highest BCUT2D eigenvalue weighted by molar-refractivity contribution is 7.80. The largest absolute Gasteiger partial charge is 0.495 e. The predicted octanol–water partition coefficient (Wildman–Crippen LogP) is 5.37. The van der Waals surface area contributed by atoms with Crippen molar-refractivity contribution in [3.05, 3.63) is 107 Å². The summed E-state index contributed by atoms with van der Waals surface area (Å²) in [6, 6.07) is 22.4. The first-order valence-corrected chi connectivity index (χ1v) is 12.0. The summed E-state index contributed by atoms with van der Waals surface area (Å²) in [5.41, 5.74) is 6.06. The van der Waals surface area contributed by atoms with Crippen LogP contribution in [0.1, 0.15) is 45.1 Å². The fourth-order valence-electron chi connectivity index (χ4n) is 5.00. The lowest BCUT2D eigenvalue weighted by Gasteiger charge is -2.29. The standard InChI is InChI=1S/C28H26N4O3S/c1-17-16-21(18(2)31(17)20-13-11-19(12-14-20)27(33)34)26-25(22-8-6-7-15-29-22)30-28(36)32(26)23-9-4-5-10-24(23)35-3/h4-16,25-26H,1-3H3,(H,30,36)(H,33,34)/t25-,26-/m0/s1. The molecule has 0 bridgehead atoms. The summed E-state index contributed by atoms with van der Waals surface area (Å²) >= 11 is 5.87. The van der Waals surface area contributed by atoms with Crippen molar-refractivity contribution in [2.45, 2.75) is 25.9 Å². The quantitative estimate of drug-likeness (QED) is 0.346. The average molecular weight is 499 g/mol. The van der Waals surface area contributed by atoms with E-state index >= 15 is 0 Å². The fraction of sp³-hybridized carbons (Fsp3) is 0.179. The number of hydrogen-bond donors (Lipinski definition) is 2. The molecular weight excluding hydrogens is 472 g/mol. The molecule has 3 heterocycles. The Morgan fingerprint density at radius 2 is 1.78 bits per heavy atom. The number of hydrogen-bond acceptors (Lipinski definition) is 4. The number of anilines is 1. The highest BCUT2D eigenvalue weighted by Gasteiger charge is 2.43. The number of nitrogens with zero attached hydrogens (tertiary/aromatic N) is 3. The van der Waals surface area contributed by atoms with Gasteiger partial charge in [0, 0.05) is 23.3 Å². The van der Waals surface area contributed by atoms with Gasteiger partial charge in [0.25, 0.3) is 0 Å². The number of aromatic nitrogens is 2. The van der Waals surface area contributed by atoms with Crippen LogP contribution >= 0.6 is 12.2 Å². The third kappa shape index (κ3) is 3.99. The SMILES string of the molecule is COc1ccccc1N1C(=S)N[C@@H](c2ccccn2)[C@@H]1c1cc(C)n(-c2ccc(C(=O)O)cc2)c1C. The summed E-state index contributed by atoms with van der Waals surface area (Å²) < 4.78 is 7.83. The van der Waals surface area contributed by atoms with Crippen LogP contribution in [0.15, 0.2) is 79.0 Å². The lowest BCUT2D eigenvalue weighted by molar-refractivity contribution is 0.0697. The number of methoxy groups -OCH3 is 1. The second-order valence-corrected chi connectivity index (χ2v) is 9.07. The monoisotopic (exact) mass is 498 g/mol. The first kappa shape index (κ1) is 23.6. The summed E-state index contributed by atoms with van der Waals surface area (Å²) in [6.07, 6.45) is 1.79. The first-order chi connectivity index (χ1) is 17.4. The molecule has 4 aromatic rings. The molecule has 8 heteroatoms. The Morgan fingerprint density at radius 3 is 2.44 bits per heavy atom. The molecule has 2 aromatic heterocycles. The maximum absolute atomic E-state index is 11.3. The van der Waals surface area contributed by atoms with Crippen molar-refractivity contribution in [2.24, 2.45) is 0 Å². The zero-order valence-corrected chi connectivity index (χ0v) is 21.0. The number of pyridine rings is 1. The van der Waals surface area contributed by atoms with Gasteiger partial charge in [-0.2, -0.15) is 0 Å². The van der Waals surface area contributed by atoms with Gasteiger partial charge in [-0.05, 0) is 86.2 Å². The number of benzene rings is 2. The Kier molecular flexibility index (Phi) is 6.20. The minimum absolute atomic E-state index is 0.188. The molecule has 5 rings (SSSR count). The number of nitrogens with one attached hydrogen (secondary N) is 1. The van der Waals surface area contributed by atoms with E-state index in [0.29, 0.717) is 5.11 Å². The maximum atomic E-state index is 11.3. The van der Waals surface area contributed by atoms with E-state index in [1.807, 2.05) is 61.5 Å². The molecule has 36 heavy (non-hydrogen) atoms. The van der Waals surface area contributed by atoms with E-state index in [1.54, 1.807) is 25.4 Å². The van der Waals surface area contributed by atoms with E-state index in [9.17, 15) is 9.90 Å². The van der Waals surface area contributed by atoms with Crippen LogP contribution in [-0.4, -0.2) is 32.8 Å². The van der Waals surface area contributed by atoms with Gasteiger partial charge in [-0.15, -0.1) is 0 Å². The van der Waals surface area contributed by atoms with E-state index in [4.69, 9.17) is 17.0 Å². The Balaban J connectivity index is 1.67. The van der Waals surface area contributed by atoms with Gasteiger partial charge in [0.2, 0.25) is 0 Å². The van der Waals surface area contributed by atoms with Crippen LogP contribution in [0.25, 0.3) is 5.69 Å². The molecule has 1 aliphatic heterocycles. The lowest BCUT2D eigenvalue weighted by atomic mass is 9.96. The Morgan fingerprint density at radius 1 is 1.06 bits per heavy atom. The van der Waals surface area contributed by atoms with E-state index in [1.165, 1.54) is 0 Å². The number of para-hydroxylation sites is 2. The molecule has 0 saturated carbocycles. The Bertz CT molecular complexity index is 1430. The molecule has 1 saturated heterocycles. The molecule has 0 unspecified atom stereocenters. The van der Waals surface area contributed by atoms with Crippen molar-refractivity contribution in [3.63, 3.8) is 0 Å². The Labute approximate surface area is 215 Å². The zero-order chi connectivity index (χ0) is 25.4. The van der Waals surface area contributed by atoms with Crippen molar-refractivity contribution >= 4 is 29.0 Å². The molecule has 2 atom stereocenters. The highest BCUT2D eigenvalue weighted by Crippen LogP contribution is 2.46. The van der Waals surface area contributed by atoms with Crippen LogP contribution in [0.3, 0.4) is 0 Å². The average Bonchev–Trinajstić information content (AvgIpc) is 3.39. The van der Waals surface area contributed by atoms with Gasteiger partial charge in [-0.25, -0.2) is 4.79 Å². The van der Waals surface area contributed by atoms with E-state index < -0.39 is 5.97 Å². The molecule has 0 amide bonds. The molecule has 0 radical (unpaired) electrons. The first-order valence-electron chi connectivity index (χ1n) is 11.6. The molecule has 1 aliphatic rings. The van der Waals surface area contributed by atoms with Crippen molar-refractivity contribution in [2.75, 3.05) is 12.0 Å². The van der Waals surface area contributed by atoms with Crippen LogP contribution < -0.4 is 15.0 Å². The van der Waals surface area contributed by atoms with Crippen molar-refractivity contribution in [3.8, 4) is 11.4 Å². The zero-order valence-electron chi connectivity index (χ0n) is 20.2. The minimum Gasteiger partial charge on any atom is -0.495 e. The predicted molar refractivity (Wildman–Crippen MR) is 143 cm³/mol. The summed E-state index contributed by atoms with van der Waals surface area (Å²) in [7, 11) is 1.66. The number of aryl methyl sites for hydroxylation is 1. The van der Waals surface area contributed by atoms with Gasteiger partial charge in [-0.3, -0.25) is 4.98 Å². The summed E-state index contributed by atoms with van der Waals surface area (Å²) in [4.78, 5) is 18.1. The second-order valence-electron chi connectivity index (χ2n) is 8.68. The summed E-state index contributed by atoms with van der Waals surface area (Å²) in [5, 5.41) is 13.4. The Hall–Kier alpha value is -4.17. The lowest BCUT2D eigenvalue weighted by Crippen LogP contribution is -2.30. The third-order valence-corrected chi connectivity index (χ3v) is 6.92. The normalized spacial score (nSPS) is 17.2. The van der Waals surface area contributed by atoms with E-state index in [0.717, 1.165) is 39.8 Å². The molecule has 0 aliphatic carbocycles. The van der Waals surface area contributed by atoms with Crippen LogP contribution in [0.4, 0.5) is 5.69 Å². The van der Waals surface area contributed by atoms with E-state index in [2.05, 4.69) is 32.8 Å². The van der Waals surface area contributed by atoms with Crippen LogP contribution in [-0.2, 0) is 0 Å². The smallest absolute Gasteiger partial charge is 0.335 e. The number of carbonyl (C=O) groups is 1. The van der Waals surface area contributed by atoms with Gasteiger partial charge in [0.1, 0.15) is 5.75 Å². The second kappa shape index (κ2) is 9.47. The summed E-state index contributed by atoms with van der Waals surface area (Å²) in [5.74, 6) is -0.217. The molecule has 0 spiro atoms. The topological polar surface area (TPSA) is 79.6 Å². The van der Waals surface area contributed by atoms with Gasteiger partial charge in [-0.1, -0.05) is 18.2 Å².